The van der Waals surface area contributed by atoms with E-state index in [-0.39, 0.29) is 11.7 Å². The molecule has 2 N–H and O–H groups in total. The Morgan fingerprint density at radius 2 is 2.17 bits per heavy atom. The number of hydrogen-bond donors (Lipinski definition) is 2. The summed E-state index contributed by atoms with van der Waals surface area (Å²) >= 11 is 5.66. The quantitative estimate of drug-likeness (QED) is 0.586. The van der Waals surface area contributed by atoms with E-state index in [1.807, 2.05) is 43.0 Å². The fourth-order valence-electron chi connectivity index (χ4n) is 3.80. The minimum Gasteiger partial charge on any atom is -0.467 e. The van der Waals surface area contributed by atoms with E-state index < -0.39 is 0 Å². The van der Waals surface area contributed by atoms with Crippen LogP contribution in [0.15, 0.2) is 45.8 Å². The van der Waals surface area contributed by atoms with Gasteiger partial charge >= 0.3 is 0 Å². The van der Waals surface area contributed by atoms with Crippen molar-refractivity contribution in [2.45, 2.75) is 45.9 Å². The first-order valence-corrected chi connectivity index (χ1v) is 10.7. The smallest absolute Gasteiger partial charge is 0.253 e. The van der Waals surface area contributed by atoms with Gasteiger partial charge in [0.2, 0.25) is 0 Å². The number of rotatable bonds is 6. The number of pyridine rings is 1. The highest BCUT2D eigenvalue weighted by Crippen LogP contribution is 2.20. The van der Waals surface area contributed by atoms with Gasteiger partial charge in [-0.05, 0) is 73.6 Å². The summed E-state index contributed by atoms with van der Waals surface area (Å²) in [5.41, 5.74) is 3.71. The summed E-state index contributed by atoms with van der Waals surface area (Å²) < 4.78 is 11.2. The topological polar surface area (TPSA) is 70.5 Å². The van der Waals surface area contributed by atoms with E-state index in [1.165, 1.54) is 0 Å². The highest BCUT2D eigenvalue weighted by Gasteiger charge is 2.19. The van der Waals surface area contributed by atoms with Crippen LogP contribution in [0, 0.1) is 13.8 Å². The first-order valence-electron chi connectivity index (χ1n) is 10.3. The van der Waals surface area contributed by atoms with Crippen molar-refractivity contribution < 1.29 is 9.15 Å². The number of nitrogens with one attached hydrogen (secondary N) is 2. The van der Waals surface area contributed by atoms with Gasteiger partial charge < -0.3 is 24.4 Å². The third-order valence-corrected chi connectivity index (χ3v) is 6.11. The second-order valence-corrected chi connectivity index (χ2v) is 8.24. The molecule has 0 bridgehead atoms. The SMILES string of the molecule is Cc1ccc2cc(CN(Cc3ccco3)C(=S)NC[C@H]3CCCO3)c(=O)[nH]c2c1C. The standard InChI is InChI=1S/C23H27N3O3S/c1-15-7-8-17-11-18(22(27)25-21(17)16(15)2)13-26(14-20-6-4-10-29-20)23(30)24-12-19-5-3-9-28-19/h4,6-8,10-11,19H,3,5,9,12-14H2,1-2H3,(H,24,30)(H,25,27)/t19-/m1/s1. The van der Waals surface area contributed by atoms with Crippen LogP contribution < -0.4 is 10.9 Å². The molecule has 158 valence electrons. The molecular weight excluding hydrogens is 398 g/mol. The Kier molecular flexibility index (Phi) is 6.20. The first-order chi connectivity index (χ1) is 14.5. The number of furan rings is 1. The molecule has 4 rings (SSSR count). The Balaban J connectivity index is 1.57. The molecule has 3 aromatic rings. The molecule has 7 heteroatoms. The minimum absolute atomic E-state index is 0.0948. The molecule has 0 aliphatic carbocycles. The lowest BCUT2D eigenvalue weighted by Gasteiger charge is -2.26. The van der Waals surface area contributed by atoms with Gasteiger partial charge in [-0.15, -0.1) is 0 Å². The average molecular weight is 426 g/mol. The van der Waals surface area contributed by atoms with E-state index in [0.717, 1.165) is 47.2 Å². The number of thiocarbonyl (C=S) groups is 1. The molecule has 1 atom stereocenters. The van der Waals surface area contributed by atoms with Crippen LogP contribution in [0.4, 0.5) is 0 Å². The van der Waals surface area contributed by atoms with Crippen LogP contribution in [0.3, 0.4) is 0 Å². The van der Waals surface area contributed by atoms with E-state index >= 15 is 0 Å². The molecule has 1 aliphatic heterocycles. The van der Waals surface area contributed by atoms with Crippen LogP contribution in [0.2, 0.25) is 0 Å². The van der Waals surface area contributed by atoms with Gasteiger partial charge in [0.15, 0.2) is 5.11 Å². The molecule has 1 saturated heterocycles. The van der Waals surface area contributed by atoms with Crippen molar-refractivity contribution in [1.82, 2.24) is 15.2 Å². The number of aromatic nitrogens is 1. The second kappa shape index (κ2) is 9.02. The molecule has 6 nitrogen and oxygen atoms in total. The molecule has 0 saturated carbocycles. The predicted molar refractivity (Wildman–Crippen MR) is 122 cm³/mol. The zero-order valence-corrected chi connectivity index (χ0v) is 18.2. The van der Waals surface area contributed by atoms with Gasteiger partial charge in [0.05, 0.1) is 31.0 Å². The third-order valence-electron chi connectivity index (χ3n) is 5.71. The van der Waals surface area contributed by atoms with Gasteiger partial charge in [0.25, 0.3) is 5.56 Å². The van der Waals surface area contributed by atoms with Crippen molar-refractivity contribution in [3.8, 4) is 0 Å². The van der Waals surface area contributed by atoms with Crippen LogP contribution in [0.1, 0.15) is 35.3 Å². The summed E-state index contributed by atoms with van der Waals surface area (Å²) in [7, 11) is 0. The van der Waals surface area contributed by atoms with Gasteiger partial charge in [-0.3, -0.25) is 4.79 Å². The number of nitrogens with zero attached hydrogens (tertiary/aromatic N) is 1. The lowest BCUT2D eigenvalue weighted by atomic mass is 10.0. The summed E-state index contributed by atoms with van der Waals surface area (Å²) in [6.45, 7) is 6.41. The summed E-state index contributed by atoms with van der Waals surface area (Å²) in [6, 6.07) is 9.84. The predicted octanol–water partition coefficient (Wildman–Crippen LogP) is 3.79. The zero-order valence-electron chi connectivity index (χ0n) is 17.4. The van der Waals surface area contributed by atoms with Crippen molar-refractivity contribution in [2.24, 2.45) is 0 Å². The number of hydrogen-bond acceptors (Lipinski definition) is 4. The van der Waals surface area contributed by atoms with Gasteiger partial charge in [0, 0.05) is 18.7 Å². The molecular formula is C23H27N3O3S. The molecule has 0 radical (unpaired) electrons. The fraction of sp³-hybridized carbons (Fsp3) is 0.391. The van der Waals surface area contributed by atoms with E-state index in [2.05, 4.69) is 16.4 Å². The summed E-state index contributed by atoms with van der Waals surface area (Å²) in [5, 5.41) is 4.91. The molecule has 1 fully saturated rings. The van der Waals surface area contributed by atoms with Crippen LogP contribution in [-0.2, 0) is 17.8 Å². The van der Waals surface area contributed by atoms with Gasteiger partial charge in [-0.25, -0.2) is 0 Å². The normalized spacial score (nSPS) is 16.1. The Bertz CT molecular complexity index is 1090. The number of aromatic amines is 1. The van der Waals surface area contributed by atoms with E-state index in [4.69, 9.17) is 21.4 Å². The number of aryl methyl sites for hydroxylation is 2. The maximum Gasteiger partial charge on any atom is 0.253 e. The second-order valence-electron chi connectivity index (χ2n) is 7.85. The van der Waals surface area contributed by atoms with Crippen molar-refractivity contribution in [3.63, 3.8) is 0 Å². The average Bonchev–Trinajstić information content (AvgIpc) is 3.44. The Morgan fingerprint density at radius 3 is 2.90 bits per heavy atom. The third kappa shape index (κ3) is 4.57. The van der Waals surface area contributed by atoms with E-state index in [9.17, 15) is 4.79 Å². The summed E-state index contributed by atoms with van der Waals surface area (Å²) in [5.74, 6) is 0.792. The van der Waals surface area contributed by atoms with Crippen LogP contribution in [-0.4, -0.2) is 34.3 Å². The Labute approximate surface area is 181 Å². The fourth-order valence-corrected chi connectivity index (χ4v) is 4.01. The zero-order chi connectivity index (χ0) is 21.1. The van der Waals surface area contributed by atoms with Crippen molar-refractivity contribution in [1.29, 1.82) is 0 Å². The summed E-state index contributed by atoms with van der Waals surface area (Å²) in [4.78, 5) is 17.9. The number of H-pyrrole nitrogens is 1. The summed E-state index contributed by atoms with van der Waals surface area (Å²) in [6.07, 6.45) is 3.95. The Hall–Kier alpha value is -2.64. The first kappa shape index (κ1) is 20.6. The molecule has 0 amide bonds. The lowest BCUT2D eigenvalue weighted by Crippen LogP contribution is -2.42. The molecule has 2 aromatic heterocycles. The van der Waals surface area contributed by atoms with Gasteiger partial charge in [-0.1, -0.05) is 12.1 Å². The lowest BCUT2D eigenvalue weighted by molar-refractivity contribution is 0.113. The monoisotopic (exact) mass is 425 g/mol. The van der Waals surface area contributed by atoms with Crippen molar-refractivity contribution in [3.05, 3.63) is 69.4 Å². The number of ether oxygens (including phenoxy) is 1. The molecule has 1 aliphatic rings. The van der Waals surface area contributed by atoms with Crippen LogP contribution in [0.25, 0.3) is 10.9 Å². The van der Waals surface area contributed by atoms with Crippen molar-refractivity contribution in [2.75, 3.05) is 13.2 Å². The van der Waals surface area contributed by atoms with E-state index in [0.29, 0.717) is 30.3 Å². The molecule has 0 unspecified atom stereocenters. The van der Waals surface area contributed by atoms with Crippen molar-refractivity contribution >= 4 is 28.2 Å². The molecule has 0 spiro atoms. The highest BCUT2D eigenvalue weighted by atomic mass is 32.1. The molecule has 3 heterocycles. The number of fused-ring (bicyclic) bond motifs is 1. The molecule has 1 aromatic carbocycles. The maximum atomic E-state index is 12.8. The van der Waals surface area contributed by atoms with Gasteiger partial charge in [-0.2, -0.15) is 0 Å². The number of benzene rings is 1. The van der Waals surface area contributed by atoms with E-state index in [1.54, 1.807) is 6.26 Å². The maximum absolute atomic E-state index is 12.8. The molecule has 30 heavy (non-hydrogen) atoms. The minimum atomic E-state index is -0.0948. The highest BCUT2D eigenvalue weighted by molar-refractivity contribution is 7.80. The Morgan fingerprint density at radius 1 is 1.30 bits per heavy atom. The van der Waals surface area contributed by atoms with Crippen LogP contribution >= 0.6 is 12.2 Å². The largest absolute Gasteiger partial charge is 0.467 e. The van der Waals surface area contributed by atoms with Crippen LogP contribution in [0.5, 0.6) is 0 Å². The van der Waals surface area contributed by atoms with Gasteiger partial charge in [0.1, 0.15) is 5.76 Å².